The van der Waals surface area contributed by atoms with Gasteiger partial charge in [-0.3, -0.25) is 9.69 Å². The van der Waals surface area contributed by atoms with E-state index in [1.165, 1.54) is 0 Å². The van der Waals surface area contributed by atoms with Gasteiger partial charge in [0.2, 0.25) is 0 Å². The Morgan fingerprint density at radius 3 is 2.46 bits per heavy atom. The highest BCUT2D eigenvalue weighted by atomic mass is 19.4. The van der Waals surface area contributed by atoms with Gasteiger partial charge >= 0.3 is 12.1 Å². The van der Waals surface area contributed by atoms with Gasteiger partial charge in [0.05, 0.1) is 11.5 Å². The molecule has 1 aliphatic rings. The molecule has 1 aliphatic heterocycles. The molecule has 0 unspecified atom stereocenters. The van der Waals surface area contributed by atoms with Crippen LogP contribution in [0.15, 0.2) is 42.6 Å². The molecule has 1 aromatic carbocycles. The second kappa shape index (κ2) is 7.33. The van der Waals surface area contributed by atoms with Crippen LogP contribution in [0.1, 0.15) is 16.7 Å². The van der Waals surface area contributed by atoms with Crippen molar-refractivity contribution in [2.45, 2.75) is 19.3 Å². The van der Waals surface area contributed by atoms with E-state index in [-0.39, 0.29) is 11.7 Å². The van der Waals surface area contributed by atoms with Gasteiger partial charge in [0.25, 0.3) is 0 Å². The molecule has 26 heavy (non-hydrogen) atoms. The van der Waals surface area contributed by atoms with E-state index in [9.17, 15) is 18.0 Å². The molecule has 0 saturated carbocycles. The number of nitrogens with zero attached hydrogens (tertiary/aromatic N) is 2. The van der Waals surface area contributed by atoms with Crippen molar-refractivity contribution in [2.24, 2.45) is 5.92 Å². The number of pyridine rings is 1. The van der Waals surface area contributed by atoms with Crippen LogP contribution < -0.4 is 5.32 Å². The smallest absolute Gasteiger partial charge is 0.416 e. The van der Waals surface area contributed by atoms with Gasteiger partial charge in [0, 0.05) is 32.4 Å². The SMILES string of the molecule is O=C(O)C1CN(Cc2ccc(CNc3cc(C(F)(F)F)ccn3)cc2)C1. The monoisotopic (exact) mass is 365 g/mol. The average molecular weight is 365 g/mol. The van der Waals surface area contributed by atoms with Crippen molar-refractivity contribution in [1.82, 2.24) is 9.88 Å². The molecule has 5 nitrogen and oxygen atoms in total. The van der Waals surface area contributed by atoms with Gasteiger partial charge in [0.15, 0.2) is 0 Å². The Kier molecular flexibility index (Phi) is 5.13. The Labute approximate surface area is 148 Å². The van der Waals surface area contributed by atoms with Crippen LogP contribution >= 0.6 is 0 Å². The van der Waals surface area contributed by atoms with Crippen LogP contribution in [0.2, 0.25) is 0 Å². The number of halogens is 3. The number of carbonyl (C=O) groups is 1. The molecule has 2 heterocycles. The number of carboxylic acid groups (broad SMARTS) is 1. The summed E-state index contributed by atoms with van der Waals surface area (Å²) in [6, 6.07) is 9.58. The summed E-state index contributed by atoms with van der Waals surface area (Å²) >= 11 is 0. The van der Waals surface area contributed by atoms with E-state index in [0.717, 1.165) is 29.5 Å². The molecule has 3 rings (SSSR count). The summed E-state index contributed by atoms with van der Waals surface area (Å²) in [7, 11) is 0. The van der Waals surface area contributed by atoms with Gasteiger partial charge in [-0.25, -0.2) is 4.98 Å². The number of aliphatic carboxylic acids is 1. The molecule has 1 fully saturated rings. The van der Waals surface area contributed by atoms with E-state index in [1.807, 2.05) is 24.3 Å². The predicted molar refractivity (Wildman–Crippen MR) is 89.4 cm³/mol. The predicted octanol–water partition coefficient (Wildman–Crippen LogP) is 3.23. The first-order valence-electron chi connectivity index (χ1n) is 8.11. The fourth-order valence-corrected chi connectivity index (χ4v) is 2.77. The lowest BCUT2D eigenvalue weighted by molar-refractivity contribution is -0.147. The number of benzene rings is 1. The summed E-state index contributed by atoms with van der Waals surface area (Å²) in [4.78, 5) is 16.7. The molecule has 2 aromatic rings. The number of likely N-dealkylation sites (tertiary alicyclic amines) is 1. The Morgan fingerprint density at radius 2 is 1.85 bits per heavy atom. The Hall–Kier alpha value is -2.61. The minimum atomic E-state index is -4.39. The van der Waals surface area contributed by atoms with Crippen molar-refractivity contribution in [2.75, 3.05) is 18.4 Å². The zero-order chi connectivity index (χ0) is 18.7. The number of carboxylic acids is 1. The molecule has 8 heteroatoms. The molecule has 138 valence electrons. The van der Waals surface area contributed by atoms with Crippen molar-refractivity contribution in [3.63, 3.8) is 0 Å². The lowest BCUT2D eigenvalue weighted by atomic mass is 9.99. The molecule has 0 bridgehead atoms. The zero-order valence-corrected chi connectivity index (χ0v) is 13.8. The number of nitrogens with one attached hydrogen (secondary N) is 1. The number of hydrogen-bond donors (Lipinski definition) is 2. The molecule has 1 aromatic heterocycles. The molecular weight excluding hydrogens is 347 g/mol. The maximum atomic E-state index is 12.7. The van der Waals surface area contributed by atoms with Crippen LogP contribution in [0, 0.1) is 5.92 Å². The van der Waals surface area contributed by atoms with Crippen LogP contribution in [-0.2, 0) is 24.1 Å². The first-order chi connectivity index (χ1) is 12.3. The Balaban J connectivity index is 1.51. The third-order valence-corrected chi connectivity index (χ3v) is 4.30. The first kappa shape index (κ1) is 18.2. The van der Waals surface area contributed by atoms with Gasteiger partial charge < -0.3 is 10.4 Å². The molecule has 0 amide bonds. The van der Waals surface area contributed by atoms with Gasteiger partial charge in [-0.15, -0.1) is 0 Å². The summed E-state index contributed by atoms with van der Waals surface area (Å²) in [6.45, 7) is 2.16. The van der Waals surface area contributed by atoms with Crippen LogP contribution in [0.25, 0.3) is 0 Å². The number of rotatable bonds is 6. The number of hydrogen-bond acceptors (Lipinski definition) is 4. The lowest BCUT2D eigenvalue weighted by Crippen LogP contribution is -2.49. The normalized spacial score (nSPS) is 15.5. The van der Waals surface area contributed by atoms with Crippen LogP contribution in [0.3, 0.4) is 0 Å². The van der Waals surface area contributed by atoms with Crippen molar-refractivity contribution in [1.29, 1.82) is 0 Å². The summed E-state index contributed by atoms with van der Waals surface area (Å²) in [5.74, 6) is -0.867. The highest BCUT2D eigenvalue weighted by molar-refractivity contribution is 5.71. The number of anilines is 1. The van der Waals surface area contributed by atoms with Crippen LogP contribution in [0.4, 0.5) is 19.0 Å². The van der Waals surface area contributed by atoms with E-state index in [2.05, 4.69) is 15.2 Å². The van der Waals surface area contributed by atoms with Crippen LogP contribution in [0.5, 0.6) is 0 Å². The highest BCUT2D eigenvalue weighted by Crippen LogP contribution is 2.30. The summed E-state index contributed by atoms with van der Waals surface area (Å²) in [5.41, 5.74) is 1.24. The number of alkyl halides is 3. The molecule has 0 radical (unpaired) electrons. The third-order valence-electron chi connectivity index (χ3n) is 4.30. The zero-order valence-electron chi connectivity index (χ0n) is 13.8. The fraction of sp³-hybridized carbons (Fsp3) is 0.333. The van der Waals surface area contributed by atoms with E-state index in [0.29, 0.717) is 26.2 Å². The van der Waals surface area contributed by atoms with E-state index in [1.54, 1.807) is 0 Å². The van der Waals surface area contributed by atoms with E-state index >= 15 is 0 Å². The van der Waals surface area contributed by atoms with Crippen molar-refractivity contribution >= 4 is 11.8 Å². The molecule has 0 aliphatic carbocycles. The van der Waals surface area contributed by atoms with Gasteiger partial charge in [-0.1, -0.05) is 24.3 Å². The minimum absolute atomic E-state index is 0.171. The maximum Gasteiger partial charge on any atom is 0.416 e. The topological polar surface area (TPSA) is 65.5 Å². The summed E-state index contributed by atoms with van der Waals surface area (Å²) < 4.78 is 38.1. The van der Waals surface area contributed by atoms with Crippen LogP contribution in [-0.4, -0.2) is 34.0 Å². The van der Waals surface area contributed by atoms with Crippen molar-refractivity contribution in [3.05, 3.63) is 59.3 Å². The van der Waals surface area contributed by atoms with Gasteiger partial charge in [-0.2, -0.15) is 13.2 Å². The molecule has 0 atom stereocenters. The van der Waals surface area contributed by atoms with E-state index < -0.39 is 17.7 Å². The van der Waals surface area contributed by atoms with E-state index in [4.69, 9.17) is 5.11 Å². The largest absolute Gasteiger partial charge is 0.481 e. The molecule has 2 N–H and O–H groups in total. The first-order valence-corrected chi connectivity index (χ1v) is 8.11. The van der Waals surface area contributed by atoms with Crippen molar-refractivity contribution in [3.8, 4) is 0 Å². The maximum absolute atomic E-state index is 12.7. The second-order valence-corrected chi connectivity index (χ2v) is 6.33. The third kappa shape index (κ3) is 4.51. The quantitative estimate of drug-likeness (QED) is 0.823. The summed E-state index contributed by atoms with van der Waals surface area (Å²) in [5, 5.41) is 11.8. The van der Waals surface area contributed by atoms with Crippen molar-refractivity contribution < 1.29 is 23.1 Å². The summed E-state index contributed by atoms with van der Waals surface area (Å²) in [6.07, 6.45) is -3.26. The highest BCUT2D eigenvalue weighted by Gasteiger charge is 2.32. The Morgan fingerprint density at radius 1 is 1.19 bits per heavy atom. The number of aromatic nitrogens is 1. The minimum Gasteiger partial charge on any atom is -0.481 e. The lowest BCUT2D eigenvalue weighted by Gasteiger charge is -2.36. The standard InChI is InChI=1S/C18H18F3N3O2/c19-18(20,21)15-5-6-22-16(7-15)23-8-12-1-3-13(4-2-12)9-24-10-14(11-24)17(25)26/h1-7,14H,8-11H2,(H,22,23)(H,25,26). The second-order valence-electron chi connectivity index (χ2n) is 6.33. The Bertz CT molecular complexity index is 772. The van der Waals surface area contributed by atoms with Gasteiger partial charge in [-0.05, 0) is 23.3 Å². The molecular formula is C18H18F3N3O2. The average Bonchev–Trinajstić information content (AvgIpc) is 2.56. The molecule has 1 saturated heterocycles. The van der Waals surface area contributed by atoms with Gasteiger partial charge in [0.1, 0.15) is 5.82 Å². The fourth-order valence-electron chi connectivity index (χ4n) is 2.77. The molecule has 0 spiro atoms.